The maximum Gasteiger partial charge on any atom is 0.0406 e. The lowest BCUT2D eigenvalue weighted by atomic mass is 9.74. The predicted octanol–water partition coefficient (Wildman–Crippen LogP) is 8.97. The summed E-state index contributed by atoms with van der Waals surface area (Å²) in [5, 5.41) is 0. The molecule has 0 saturated heterocycles. The molecule has 0 aliphatic heterocycles. The number of rotatable bonds is 12. The van der Waals surface area contributed by atoms with Gasteiger partial charge in [-0.2, -0.15) is 0 Å². The van der Waals surface area contributed by atoms with Crippen molar-refractivity contribution in [2.75, 3.05) is 5.88 Å². The highest BCUT2D eigenvalue weighted by Gasteiger charge is 2.42. The van der Waals surface area contributed by atoms with Gasteiger partial charge in [0.1, 0.15) is 0 Å². The Labute approximate surface area is 175 Å². The van der Waals surface area contributed by atoms with E-state index in [2.05, 4.69) is 66.3 Å². The molecule has 1 rings (SSSR count). The van der Waals surface area contributed by atoms with Crippen molar-refractivity contribution in [2.24, 2.45) is 29.1 Å². The van der Waals surface area contributed by atoms with E-state index in [0.29, 0.717) is 17.7 Å². The second-order valence-corrected chi connectivity index (χ2v) is 10.1. The summed E-state index contributed by atoms with van der Waals surface area (Å²) in [5.41, 5.74) is 3.24. The molecule has 1 aliphatic rings. The lowest BCUT2D eigenvalue weighted by Crippen LogP contribution is -2.22. The Hall–Kier alpha value is -0.490. The molecule has 0 nitrogen and oxygen atoms in total. The van der Waals surface area contributed by atoms with Gasteiger partial charge in [-0.25, -0.2) is 0 Å². The summed E-state index contributed by atoms with van der Waals surface area (Å²) < 4.78 is 0. The molecule has 0 aromatic carbocycles. The van der Waals surface area contributed by atoms with Gasteiger partial charge in [0.05, 0.1) is 0 Å². The smallest absolute Gasteiger partial charge is 0.0406 e. The molecule has 0 bridgehead atoms. The van der Waals surface area contributed by atoms with E-state index in [0.717, 1.165) is 11.8 Å². The van der Waals surface area contributed by atoms with Crippen LogP contribution in [0.5, 0.6) is 0 Å². The van der Waals surface area contributed by atoms with Gasteiger partial charge in [0, 0.05) is 5.88 Å². The van der Waals surface area contributed by atoms with Crippen LogP contribution in [0.1, 0.15) is 92.9 Å². The molecule has 1 fully saturated rings. The SMILES string of the molecule is C=C[C@]1(C)CC[C@@H](/C(C)=C\CCl)[C@@H]1/C=C(\C)CCCC(C)CCCC(C)C. The Bertz CT molecular complexity index is 498. The Balaban J connectivity index is 2.61. The van der Waals surface area contributed by atoms with E-state index in [1.165, 1.54) is 56.9 Å². The third-order valence-electron chi connectivity index (χ3n) is 6.85. The quantitative estimate of drug-likeness (QED) is 0.229. The Morgan fingerprint density at radius 2 is 1.81 bits per heavy atom. The molecule has 1 unspecified atom stereocenters. The molecule has 0 heterocycles. The van der Waals surface area contributed by atoms with E-state index >= 15 is 0 Å². The zero-order valence-electron chi connectivity index (χ0n) is 19.0. The molecule has 0 amide bonds. The fourth-order valence-corrected chi connectivity index (χ4v) is 4.98. The van der Waals surface area contributed by atoms with Crippen LogP contribution in [0.15, 0.2) is 36.0 Å². The van der Waals surface area contributed by atoms with Crippen molar-refractivity contribution in [3.05, 3.63) is 36.0 Å². The number of halogens is 1. The van der Waals surface area contributed by atoms with Gasteiger partial charge in [0.15, 0.2) is 0 Å². The van der Waals surface area contributed by atoms with Gasteiger partial charge in [-0.15, -0.1) is 18.2 Å². The third kappa shape index (κ3) is 8.18. The summed E-state index contributed by atoms with van der Waals surface area (Å²) >= 11 is 5.97. The molecule has 4 atom stereocenters. The van der Waals surface area contributed by atoms with Crippen molar-refractivity contribution in [1.82, 2.24) is 0 Å². The first-order valence-electron chi connectivity index (χ1n) is 11.3. The van der Waals surface area contributed by atoms with Crippen LogP contribution in [0.3, 0.4) is 0 Å². The largest absolute Gasteiger partial charge is 0.122 e. The van der Waals surface area contributed by atoms with E-state index in [4.69, 9.17) is 11.6 Å². The highest BCUT2D eigenvalue weighted by molar-refractivity contribution is 6.18. The van der Waals surface area contributed by atoms with Gasteiger partial charge >= 0.3 is 0 Å². The zero-order valence-corrected chi connectivity index (χ0v) is 19.7. The molecule has 1 aliphatic carbocycles. The van der Waals surface area contributed by atoms with Crippen LogP contribution in [0.4, 0.5) is 0 Å². The molecule has 27 heavy (non-hydrogen) atoms. The summed E-state index contributed by atoms with van der Waals surface area (Å²) in [6, 6.07) is 0. The summed E-state index contributed by atoms with van der Waals surface area (Å²) in [6.45, 7) is 18.2. The van der Waals surface area contributed by atoms with E-state index in [1.54, 1.807) is 5.57 Å². The van der Waals surface area contributed by atoms with Crippen LogP contribution >= 0.6 is 11.6 Å². The van der Waals surface area contributed by atoms with Crippen molar-refractivity contribution in [3.63, 3.8) is 0 Å². The second-order valence-electron chi connectivity index (χ2n) is 9.82. The van der Waals surface area contributed by atoms with E-state index in [-0.39, 0.29) is 5.41 Å². The van der Waals surface area contributed by atoms with Crippen LogP contribution < -0.4 is 0 Å². The average molecular weight is 393 g/mol. The first-order valence-corrected chi connectivity index (χ1v) is 11.8. The van der Waals surface area contributed by atoms with Crippen molar-refractivity contribution in [2.45, 2.75) is 92.9 Å². The fraction of sp³-hybridized carbons (Fsp3) is 0.769. The topological polar surface area (TPSA) is 0 Å². The van der Waals surface area contributed by atoms with E-state index in [1.807, 2.05) is 0 Å². The first-order chi connectivity index (χ1) is 12.7. The van der Waals surface area contributed by atoms with Crippen LogP contribution in [0.2, 0.25) is 0 Å². The summed E-state index contributed by atoms with van der Waals surface area (Å²) in [5.74, 6) is 3.52. The minimum absolute atomic E-state index is 0.220. The Morgan fingerprint density at radius 1 is 1.15 bits per heavy atom. The monoisotopic (exact) mass is 392 g/mol. The average Bonchev–Trinajstić information content (AvgIpc) is 2.92. The van der Waals surface area contributed by atoms with Crippen LogP contribution in [0.25, 0.3) is 0 Å². The lowest BCUT2D eigenvalue weighted by Gasteiger charge is -2.30. The molecular weight excluding hydrogens is 348 g/mol. The maximum absolute atomic E-state index is 5.97. The number of allylic oxidation sites excluding steroid dienone is 5. The summed E-state index contributed by atoms with van der Waals surface area (Å²) in [4.78, 5) is 0. The summed E-state index contributed by atoms with van der Waals surface area (Å²) in [6.07, 6.45) is 17.6. The standard InChI is InChI=1S/C26H45Cl/c1-8-26(7)17-15-24(23(6)16-18-27)25(26)19-22(5)14-10-13-21(4)12-9-11-20(2)3/h8,16,19-21,24-25H,1,9-15,17-18H2,2-7H3/b22-19+,23-16-/t21?,24-,25-,26+/m0/s1. The van der Waals surface area contributed by atoms with Gasteiger partial charge < -0.3 is 0 Å². The molecule has 1 heteroatoms. The molecule has 0 spiro atoms. The van der Waals surface area contributed by atoms with Gasteiger partial charge in [-0.3, -0.25) is 0 Å². The fourth-order valence-electron chi connectivity index (χ4n) is 4.74. The lowest BCUT2D eigenvalue weighted by molar-refractivity contribution is 0.332. The van der Waals surface area contributed by atoms with Crippen molar-refractivity contribution in [3.8, 4) is 0 Å². The molecule has 0 N–H and O–H groups in total. The van der Waals surface area contributed by atoms with E-state index < -0.39 is 0 Å². The van der Waals surface area contributed by atoms with Gasteiger partial charge in [0.2, 0.25) is 0 Å². The molecule has 0 aromatic rings. The maximum atomic E-state index is 5.97. The number of hydrogen-bond acceptors (Lipinski definition) is 0. The predicted molar refractivity (Wildman–Crippen MR) is 124 cm³/mol. The Morgan fingerprint density at radius 3 is 2.41 bits per heavy atom. The first kappa shape index (κ1) is 24.5. The highest BCUT2D eigenvalue weighted by Crippen LogP contribution is 2.51. The minimum Gasteiger partial charge on any atom is -0.122 e. The Kier molecular flexibility index (Phi) is 11.0. The van der Waals surface area contributed by atoms with Crippen LogP contribution in [0, 0.1) is 29.1 Å². The summed E-state index contributed by atoms with van der Waals surface area (Å²) in [7, 11) is 0. The number of hydrogen-bond donors (Lipinski definition) is 0. The highest BCUT2D eigenvalue weighted by atomic mass is 35.5. The van der Waals surface area contributed by atoms with Gasteiger partial charge in [0.25, 0.3) is 0 Å². The molecule has 1 saturated carbocycles. The molecule has 0 radical (unpaired) electrons. The molecular formula is C26H45Cl. The molecule has 156 valence electrons. The van der Waals surface area contributed by atoms with Crippen LogP contribution in [-0.4, -0.2) is 5.88 Å². The van der Waals surface area contributed by atoms with Crippen molar-refractivity contribution >= 4 is 11.6 Å². The minimum atomic E-state index is 0.220. The zero-order chi connectivity index (χ0) is 20.4. The normalized spacial score (nSPS) is 28.0. The van der Waals surface area contributed by atoms with E-state index in [9.17, 15) is 0 Å². The second kappa shape index (κ2) is 12.2. The molecule has 0 aromatic heterocycles. The van der Waals surface area contributed by atoms with Crippen molar-refractivity contribution in [1.29, 1.82) is 0 Å². The van der Waals surface area contributed by atoms with Crippen molar-refractivity contribution < 1.29 is 0 Å². The third-order valence-corrected chi connectivity index (χ3v) is 7.00. The van der Waals surface area contributed by atoms with Crippen LogP contribution in [-0.2, 0) is 0 Å². The number of alkyl halides is 1. The van der Waals surface area contributed by atoms with Gasteiger partial charge in [-0.1, -0.05) is 82.8 Å². The van der Waals surface area contributed by atoms with Gasteiger partial charge in [-0.05, 0) is 68.6 Å².